The zero-order valence-corrected chi connectivity index (χ0v) is 15.1. The quantitative estimate of drug-likeness (QED) is 0.798. The molecule has 7 heteroatoms. The second-order valence-electron chi connectivity index (χ2n) is 5.92. The fourth-order valence-electron chi connectivity index (χ4n) is 2.69. The van der Waals surface area contributed by atoms with E-state index in [-0.39, 0.29) is 12.1 Å². The van der Waals surface area contributed by atoms with Crippen LogP contribution in [0.4, 0.5) is 4.79 Å². The molecular formula is C16H28N4O2S. The Labute approximate surface area is 142 Å². The molecule has 0 aromatic carbocycles. The van der Waals surface area contributed by atoms with E-state index in [1.165, 1.54) is 4.88 Å². The Bertz CT molecular complexity index is 486. The average Bonchev–Trinajstić information content (AvgIpc) is 3.04. The van der Waals surface area contributed by atoms with Crippen LogP contribution in [-0.2, 0) is 11.2 Å². The molecule has 0 radical (unpaired) electrons. The highest BCUT2D eigenvalue weighted by Crippen LogP contribution is 2.20. The van der Waals surface area contributed by atoms with Crippen LogP contribution in [0.2, 0.25) is 0 Å². The lowest BCUT2D eigenvalue weighted by atomic mass is 10.1. The van der Waals surface area contributed by atoms with Crippen LogP contribution in [0.1, 0.15) is 42.6 Å². The number of amides is 2. The summed E-state index contributed by atoms with van der Waals surface area (Å²) in [6.07, 6.45) is 5.41. The molecule has 2 rings (SSSR count). The Kier molecular flexibility index (Phi) is 7.26. The molecule has 1 aromatic rings. The maximum Gasteiger partial charge on any atom is 0.315 e. The third-order valence-electron chi connectivity index (χ3n) is 4.22. The van der Waals surface area contributed by atoms with Gasteiger partial charge >= 0.3 is 6.03 Å². The monoisotopic (exact) mass is 340 g/mol. The molecule has 1 aliphatic rings. The van der Waals surface area contributed by atoms with Crippen LogP contribution in [0.5, 0.6) is 0 Å². The minimum absolute atomic E-state index is 0.0576. The van der Waals surface area contributed by atoms with Crippen molar-refractivity contribution in [1.29, 1.82) is 0 Å². The number of hydrogen-bond donors (Lipinski definition) is 2. The Hall–Kier alpha value is -1.18. The summed E-state index contributed by atoms with van der Waals surface area (Å²) in [5, 5.41) is 6.83. The molecular weight excluding hydrogens is 312 g/mol. The minimum Gasteiger partial charge on any atom is -0.381 e. The standard InChI is InChI=1S/C16H28N4O2S/c1-4-14-11-18-15(23-14)12(2)19-16(21)17-7-10-20-8-5-13(22-3)6-9-20/h11-13H,4-10H2,1-3H3,(H2,17,19,21)/t12-/m0/s1. The molecule has 2 amide bonds. The van der Waals surface area contributed by atoms with Gasteiger partial charge in [-0.2, -0.15) is 0 Å². The fraction of sp³-hybridized carbons (Fsp3) is 0.750. The Morgan fingerprint density at radius 2 is 2.26 bits per heavy atom. The van der Waals surface area contributed by atoms with Crippen molar-refractivity contribution in [3.63, 3.8) is 0 Å². The SMILES string of the molecule is CCc1cnc([C@H](C)NC(=O)NCCN2CCC(OC)CC2)s1. The number of hydrogen-bond acceptors (Lipinski definition) is 5. The first-order valence-electron chi connectivity index (χ1n) is 8.36. The fourth-order valence-corrected chi connectivity index (χ4v) is 3.55. The molecule has 6 nitrogen and oxygen atoms in total. The smallest absolute Gasteiger partial charge is 0.315 e. The summed E-state index contributed by atoms with van der Waals surface area (Å²) in [7, 11) is 1.78. The van der Waals surface area contributed by atoms with Crippen molar-refractivity contribution in [1.82, 2.24) is 20.5 Å². The summed E-state index contributed by atoms with van der Waals surface area (Å²) in [5.74, 6) is 0. The molecule has 1 aromatic heterocycles. The number of piperidine rings is 1. The van der Waals surface area contributed by atoms with Gasteiger partial charge in [-0.1, -0.05) is 6.92 Å². The molecule has 1 aliphatic heterocycles. The summed E-state index contributed by atoms with van der Waals surface area (Å²) < 4.78 is 5.37. The molecule has 0 saturated carbocycles. The molecule has 0 aliphatic carbocycles. The largest absolute Gasteiger partial charge is 0.381 e. The number of aromatic nitrogens is 1. The summed E-state index contributed by atoms with van der Waals surface area (Å²) in [6, 6.07) is -0.185. The molecule has 0 spiro atoms. The van der Waals surface area contributed by atoms with Crippen LogP contribution in [0.15, 0.2) is 6.20 Å². The first kappa shape index (κ1) is 18.2. The van der Waals surface area contributed by atoms with Gasteiger partial charge in [-0.3, -0.25) is 0 Å². The van der Waals surface area contributed by atoms with Crippen LogP contribution in [-0.4, -0.2) is 55.3 Å². The van der Waals surface area contributed by atoms with Crippen LogP contribution >= 0.6 is 11.3 Å². The van der Waals surface area contributed by atoms with E-state index in [1.54, 1.807) is 18.4 Å². The molecule has 2 heterocycles. The summed E-state index contributed by atoms with van der Waals surface area (Å²) in [6.45, 7) is 7.70. The van der Waals surface area contributed by atoms with Gasteiger partial charge in [-0.25, -0.2) is 9.78 Å². The summed E-state index contributed by atoms with van der Waals surface area (Å²) >= 11 is 1.66. The zero-order valence-electron chi connectivity index (χ0n) is 14.3. The lowest BCUT2D eigenvalue weighted by Gasteiger charge is -2.31. The lowest BCUT2D eigenvalue weighted by molar-refractivity contribution is 0.0416. The number of methoxy groups -OCH3 is 1. The van der Waals surface area contributed by atoms with Crippen molar-refractivity contribution in [2.45, 2.75) is 45.3 Å². The Balaban J connectivity index is 1.63. The number of likely N-dealkylation sites (tertiary alicyclic amines) is 1. The highest BCUT2D eigenvalue weighted by molar-refractivity contribution is 7.11. The van der Waals surface area contributed by atoms with Crippen LogP contribution in [0.25, 0.3) is 0 Å². The van der Waals surface area contributed by atoms with Gasteiger partial charge in [-0.05, 0) is 26.2 Å². The van der Waals surface area contributed by atoms with E-state index in [1.807, 2.05) is 13.1 Å². The van der Waals surface area contributed by atoms with Crippen molar-refractivity contribution in [2.24, 2.45) is 0 Å². The number of thiazole rings is 1. The topological polar surface area (TPSA) is 66.5 Å². The highest BCUT2D eigenvalue weighted by Gasteiger charge is 2.18. The van der Waals surface area contributed by atoms with E-state index in [4.69, 9.17) is 4.74 Å². The van der Waals surface area contributed by atoms with Crippen LogP contribution < -0.4 is 10.6 Å². The minimum atomic E-state index is -0.127. The van der Waals surface area contributed by atoms with E-state index in [0.717, 1.165) is 43.9 Å². The Morgan fingerprint density at radius 3 is 2.87 bits per heavy atom. The van der Waals surface area contributed by atoms with E-state index in [2.05, 4.69) is 27.4 Å². The third-order valence-corrected chi connectivity index (χ3v) is 5.54. The number of carbonyl (C=O) groups is 1. The van der Waals surface area contributed by atoms with Gasteiger partial charge in [0.2, 0.25) is 0 Å². The lowest BCUT2D eigenvalue weighted by Crippen LogP contribution is -2.44. The third kappa shape index (κ3) is 5.75. The van der Waals surface area contributed by atoms with E-state index in [0.29, 0.717) is 12.6 Å². The molecule has 23 heavy (non-hydrogen) atoms. The number of nitrogens with zero attached hydrogens (tertiary/aromatic N) is 2. The second kappa shape index (κ2) is 9.20. The second-order valence-corrected chi connectivity index (χ2v) is 7.06. The zero-order chi connectivity index (χ0) is 16.7. The first-order chi connectivity index (χ1) is 11.1. The first-order valence-corrected chi connectivity index (χ1v) is 9.18. The van der Waals surface area contributed by atoms with Crippen molar-refractivity contribution in [2.75, 3.05) is 33.3 Å². The van der Waals surface area contributed by atoms with Crippen LogP contribution in [0, 0.1) is 0 Å². The normalized spacial score (nSPS) is 17.9. The van der Waals surface area contributed by atoms with Gasteiger partial charge < -0.3 is 20.3 Å². The predicted molar refractivity (Wildman–Crippen MR) is 92.9 cm³/mol. The molecule has 1 atom stereocenters. The van der Waals surface area contributed by atoms with Gasteiger partial charge in [0.15, 0.2) is 0 Å². The number of nitrogens with one attached hydrogen (secondary N) is 2. The summed E-state index contributed by atoms with van der Waals surface area (Å²) in [4.78, 5) is 19.9. The van der Waals surface area contributed by atoms with Crippen molar-refractivity contribution in [3.05, 3.63) is 16.1 Å². The van der Waals surface area contributed by atoms with Crippen molar-refractivity contribution in [3.8, 4) is 0 Å². The number of ether oxygens (including phenoxy) is 1. The average molecular weight is 340 g/mol. The maximum atomic E-state index is 12.0. The predicted octanol–water partition coefficient (Wildman–Crippen LogP) is 2.18. The molecule has 0 bridgehead atoms. The van der Waals surface area contributed by atoms with E-state index < -0.39 is 0 Å². The molecule has 1 saturated heterocycles. The van der Waals surface area contributed by atoms with Gasteiger partial charge in [0.25, 0.3) is 0 Å². The molecule has 2 N–H and O–H groups in total. The van der Waals surface area contributed by atoms with E-state index >= 15 is 0 Å². The molecule has 1 fully saturated rings. The van der Waals surface area contributed by atoms with E-state index in [9.17, 15) is 4.79 Å². The van der Waals surface area contributed by atoms with Crippen LogP contribution in [0.3, 0.4) is 0 Å². The Morgan fingerprint density at radius 1 is 1.52 bits per heavy atom. The highest BCUT2D eigenvalue weighted by atomic mass is 32.1. The number of aryl methyl sites for hydroxylation is 1. The van der Waals surface area contributed by atoms with Gasteiger partial charge in [0, 0.05) is 44.4 Å². The number of urea groups is 1. The van der Waals surface area contributed by atoms with Crippen molar-refractivity contribution >= 4 is 17.4 Å². The van der Waals surface area contributed by atoms with Gasteiger partial charge in [0.05, 0.1) is 12.1 Å². The number of carbonyl (C=O) groups excluding carboxylic acids is 1. The van der Waals surface area contributed by atoms with Gasteiger partial charge in [0.1, 0.15) is 5.01 Å². The van der Waals surface area contributed by atoms with Gasteiger partial charge in [-0.15, -0.1) is 11.3 Å². The van der Waals surface area contributed by atoms with Crippen molar-refractivity contribution < 1.29 is 9.53 Å². The maximum absolute atomic E-state index is 12.0. The molecule has 130 valence electrons. The molecule has 0 unspecified atom stereocenters. The summed E-state index contributed by atoms with van der Waals surface area (Å²) in [5.41, 5.74) is 0. The number of rotatable bonds is 7.